The van der Waals surface area contributed by atoms with E-state index in [2.05, 4.69) is 9.93 Å². The fraction of sp³-hybridized carbons (Fsp3) is 0.222. The third kappa shape index (κ3) is 5.59. The molecule has 3 N–H and O–H groups in total. The van der Waals surface area contributed by atoms with E-state index in [-0.39, 0.29) is 11.5 Å². The van der Waals surface area contributed by atoms with E-state index in [1.807, 2.05) is 13.8 Å². The third-order valence-electron chi connectivity index (χ3n) is 3.50. The highest BCUT2D eigenvalue weighted by Gasteiger charge is 2.12. The van der Waals surface area contributed by atoms with Crippen molar-refractivity contribution in [3.8, 4) is 5.75 Å². The molecule has 1 amide bonds. The number of carbonyl (C=O) groups is 1. The number of carbonyl (C=O) groups excluding carboxylic acids is 1. The SMILES string of the molecule is CC(C)c1ccc(S(=O)(=O)NN=Cc2ccc(OCC(N)=O)cc2)cc1. The molecule has 0 aromatic heterocycles. The second-order valence-corrected chi connectivity index (χ2v) is 7.56. The van der Waals surface area contributed by atoms with Crippen molar-refractivity contribution in [2.45, 2.75) is 24.7 Å². The summed E-state index contributed by atoms with van der Waals surface area (Å²) in [4.78, 5) is 13.0. The zero-order chi connectivity index (χ0) is 19.2. The molecular formula is C18H21N3O4S. The van der Waals surface area contributed by atoms with Gasteiger partial charge in [0.05, 0.1) is 11.1 Å². The van der Waals surface area contributed by atoms with E-state index in [0.717, 1.165) is 5.56 Å². The monoisotopic (exact) mass is 375 g/mol. The Hall–Kier alpha value is -2.87. The van der Waals surface area contributed by atoms with Crippen LogP contribution in [0, 0.1) is 0 Å². The van der Waals surface area contributed by atoms with Gasteiger partial charge in [0.1, 0.15) is 5.75 Å². The van der Waals surface area contributed by atoms with Crippen molar-refractivity contribution in [1.82, 2.24) is 4.83 Å². The Bertz CT molecular complexity index is 874. The van der Waals surface area contributed by atoms with Crippen LogP contribution in [0.4, 0.5) is 0 Å². The van der Waals surface area contributed by atoms with Crippen LogP contribution in [0.5, 0.6) is 5.75 Å². The van der Waals surface area contributed by atoms with Gasteiger partial charge in [0.25, 0.3) is 15.9 Å². The Labute approximate surface area is 152 Å². The molecule has 0 radical (unpaired) electrons. The highest BCUT2D eigenvalue weighted by Crippen LogP contribution is 2.17. The Balaban J connectivity index is 1.99. The number of benzene rings is 2. The average molecular weight is 375 g/mol. The zero-order valence-corrected chi connectivity index (χ0v) is 15.4. The summed E-state index contributed by atoms with van der Waals surface area (Å²) in [5, 5.41) is 3.77. The zero-order valence-electron chi connectivity index (χ0n) is 14.5. The number of hydrogen-bond donors (Lipinski definition) is 2. The Morgan fingerprint density at radius 3 is 2.31 bits per heavy atom. The van der Waals surface area contributed by atoms with Crippen molar-refractivity contribution >= 4 is 22.1 Å². The molecule has 0 saturated carbocycles. The van der Waals surface area contributed by atoms with Crippen LogP contribution in [0.3, 0.4) is 0 Å². The lowest BCUT2D eigenvalue weighted by atomic mass is 10.0. The molecule has 0 aliphatic carbocycles. The number of primary amides is 1. The van der Waals surface area contributed by atoms with E-state index in [0.29, 0.717) is 17.2 Å². The minimum Gasteiger partial charge on any atom is -0.484 e. The lowest BCUT2D eigenvalue weighted by Crippen LogP contribution is -2.20. The predicted molar refractivity (Wildman–Crippen MR) is 99.6 cm³/mol. The molecule has 0 heterocycles. The van der Waals surface area contributed by atoms with Gasteiger partial charge in [0, 0.05) is 0 Å². The number of ether oxygens (including phenoxy) is 1. The molecule has 0 spiro atoms. The van der Waals surface area contributed by atoms with Crippen LogP contribution in [0.15, 0.2) is 58.5 Å². The number of hydrogen-bond acceptors (Lipinski definition) is 5. The molecule has 0 saturated heterocycles. The van der Waals surface area contributed by atoms with Crippen LogP contribution in [-0.4, -0.2) is 27.1 Å². The average Bonchev–Trinajstić information content (AvgIpc) is 2.61. The molecule has 0 fully saturated rings. The topological polar surface area (TPSA) is 111 Å². The first-order valence-corrected chi connectivity index (χ1v) is 9.42. The number of amides is 1. The largest absolute Gasteiger partial charge is 0.484 e. The van der Waals surface area contributed by atoms with Crippen LogP contribution < -0.4 is 15.3 Å². The summed E-state index contributed by atoms with van der Waals surface area (Å²) < 4.78 is 29.6. The third-order valence-corrected chi connectivity index (χ3v) is 4.74. The van der Waals surface area contributed by atoms with Crippen LogP contribution in [-0.2, 0) is 14.8 Å². The van der Waals surface area contributed by atoms with E-state index >= 15 is 0 Å². The number of nitrogens with two attached hydrogens (primary N) is 1. The first-order chi connectivity index (χ1) is 12.3. The van der Waals surface area contributed by atoms with E-state index in [4.69, 9.17) is 10.5 Å². The molecule has 2 aromatic carbocycles. The summed E-state index contributed by atoms with van der Waals surface area (Å²) in [6, 6.07) is 13.3. The van der Waals surface area contributed by atoms with Crippen molar-refractivity contribution in [1.29, 1.82) is 0 Å². The van der Waals surface area contributed by atoms with Crippen LogP contribution in [0.1, 0.15) is 30.9 Å². The van der Waals surface area contributed by atoms with Gasteiger partial charge in [-0.25, -0.2) is 4.83 Å². The molecule has 26 heavy (non-hydrogen) atoms. The van der Waals surface area contributed by atoms with Crippen molar-refractivity contribution in [3.63, 3.8) is 0 Å². The standard InChI is InChI=1S/C18H21N3O4S/c1-13(2)15-5-9-17(10-6-15)26(23,24)21-20-11-14-3-7-16(8-4-14)25-12-18(19)22/h3-11,13,21H,12H2,1-2H3,(H2,19,22). The Morgan fingerprint density at radius 1 is 1.15 bits per heavy atom. The first kappa shape index (κ1) is 19.5. The number of rotatable bonds is 8. The van der Waals surface area contributed by atoms with Crippen LogP contribution in [0.25, 0.3) is 0 Å². The highest BCUT2D eigenvalue weighted by molar-refractivity contribution is 7.89. The van der Waals surface area contributed by atoms with Gasteiger partial charge < -0.3 is 10.5 Å². The summed E-state index contributed by atoms with van der Waals surface area (Å²) in [5.74, 6) is 0.242. The minimum absolute atomic E-state index is 0.147. The quantitative estimate of drug-likeness (QED) is 0.543. The summed E-state index contributed by atoms with van der Waals surface area (Å²) >= 11 is 0. The van der Waals surface area contributed by atoms with E-state index in [9.17, 15) is 13.2 Å². The number of nitrogens with one attached hydrogen (secondary N) is 1. The van der Waals surface area contributed by atoms with E-state index in [1.165, 1.54) is 6.21 Å². The number of hydrazone groups is 1. The Morgan fingerprint density at radius 2 is 1.77 bits per heavy atom. The molecule has 0 aliphatic heterocycles. The Kier molecular flexibility index (Phi) is 6.35. The molecule has 7 nitrogen and oxygen atoms in total. The summed E-state index contributed by atoms with van der Waals surface area (Å²) in [5.41, 5.74) is 6.72. The maximum Gasteiger partial charge on any atom is 0.276 e. The molecular weight excluding hydrogens is 354 g/mol. The molecule has 0 bridgehead atoms. The molecule has 138 valence electrons. The maximum atomic E-state index is 12.2. The molecule has 0 unspecified atom stereocenters. The van der Waals surface area contributed by atoms with Gasteiger partial charge in [0.15, 0.2) is 6.61 Å². The molecule has 2 rings (SSSR count). The maximum absolute atomic E-state index is 12.2. The van der Waals surface area contributed by atoms with E-state index in [1.54, 1.807) is 48.5 Å². The van der Waals surface area contributed by atoms with Crippen LogP contribution in [0.2, 0.25) is 0 Å². The van der Waals surface area contributed by atoms with Crippen molar-refractivity contribution in [2.75, 3.05) is 6.61 Å². The van der Waals surface area contributed by atoms with Gasteiger partial charge in [-0.3, -0.25) is 4.79 Å². The first-order valence-electron chi connectivity index (χ1n) is 7.94. The lowest BCUT2D eigenvalue weighted by molar-refractivity contribution is -0.119. The van der Waals surface area contributed by atoms with Crippen molar-refractivity contribution < 1.29 is 17.9 Å². The van der Waals surface area contributed by atoms with Gasteiger partial charge in [0.2, 0.25) is 0 Å². The van der Waals surface area contributed by atoms with Gasteiger partial charge in [-0.15, -0.1) is 0 Å². The predicted octanol–water partition coefficient (Wildman–Crippen LogP) is 1.99. The summed E-state index contributed by atoms with van der Waals surface area (Å²) in [6.45, 7) is 3.87. The van der Waals surface area contributed by atoms with Gasteiger partial charge in [-0.05, 0) is 53.4 Å². The molecule has 0 aliphatic rings. The lowest BCUT2D eigenvalue weighted by Gasteiger charge is -2.07. The summed E-state index contributed by atoms with van der Waals surface area (Å²) in [6.07, 6.45) is 1.37. The van der Waals surface area contributed by atoms with E-state index < -0.39 is 15.9 Å². The van der Waals surface area contributed by atoms with Crippen LogP contribution >= 0.6 is 0 Å². The second-order valence-electron chi connectivity index (χ2n) is 5.90. The van der Waals surface area contributed by atoms with Gasteiger partial charge in [-0.2, -0.15) is 13.5 Å². The van der Waals surface area contributed by atoms with Crippen molar-refractivity contribution in [3.05, 3.63) is 59.7 Å². The number of nitrogens with zero attached hydrogens (tertiary/aromatic N) is 1. The molecule has 8 heteroatoms. The second kappa shape index (κ2) is 8.48. The normalized spacial score (nSPS) is 11.7. The van der Waals surface area contributed by atoms with Gasteiger partial charge >= 0.3 is 0 Å². The summed E-state index contributed by atoms with van der Waals surface area (Å²) in [7, 11) is -3.72. The molecule has 2 aromatic rings. The van der Waals surface area contributed by atoms with Crippen molar-refractivity contribution in [2.24, 2.45) is 10.8 Å². The highest BCUT2D eigenvalue weighted by atomic mass is 32.2. The fourth-order valence-electron chi connectivity index (χ4n) is 2.06. The smallest absolute Gasteiger partial charge is 0.276 e. The number of sulfonamides is 1. The van der Waals surface area contributed by atoms with Gasteiger partial charge in [-0.1, -0.05) is 26.0 Å². The minimum atomic E-state index is -3.72. The molecule has 0 atom stereocenters. The fourth-order valence-corrected chi connectivity index (χ4v) is 2.85.